The van der Waals surface area contributed by atoms with Gasteiger partial charge in [0.05, 0.1) is 6.54 Å². The Morgan fingerprint density at radius 1 is 1.53 bits per heavy atom. The smallest absolute Gasteiger partial charge is 0.261 e. The van der Waals surface area contributed by atoms with E-state index in [-0.39, 0.29) is 31.1 Å². The summed E-state index contributed by atoms with van der Waals surface area (Å²) in [6, 6.07) is 0. The molecule has 1 saturated heterocycles. The monoisotopic (exact) mass is 247 g/mol. The average Bonchev–Trinajstić information content (AvgIpc) is 2.58. The molecule has 0 spiro atoms. The highest BCUT2D eigenvalue weighted by Crippen LogP contribution is 2.26. The van der Waals surface area contributed by atoms with Crippen LogP contribution in [-0.4, -0.2) is 42.5 Å². The van der Waals surface area contributed by atoms with E-state index < -0.39 is 5.92 Å². The van der Waals surface area contributed by atoms with Gasteiger partial charge < -0.3 is 4.79 Å². The lowest BCUT2D eigenvalue weighted by Crippen LogP contribution is -2.26. The van der Waals surface area contributed by atoms with Gasteiger partial charge in [-0.1, -0.05) is 6.92 Å². The SMILES string of the molecule is CC(CC=O)C(=O)CCCN1CCC(F)(F)C1. The van der Waals surface area contributed by atoms with E-state index in [1.807, 2.05) is 0 Å². The molecule has 1 aliphatic heterocycles. The molecular weight excluding hydrogens is 228 g/mol. The van der Waals surface area contributed by atoms with Crippen LogP contribution in [-0.2, 0) is 9.59 Å². The molecule has 0 N–H and O–H groups in total. The lowest BCUT2D eigenvalue weighted by atomic mass is 10.00. The number of aldehydes is 1. The van der Waals surface area contributed by atoms with Crippen LogP contribution < -0.4 is 0 Å². The Hall–Kier alpha value is -0.840. The summed E-state index contributed by atoms with van der Waals surface area (Å²) in [4.78, 5) is 23.4. The Balaban J connectivity index is 2.16. The van der Waals surface area contributed by atoms with Gasteiger partial charge in [-0.25, -0.2) is 8.78 Å². The highest BCUT2D eigenvalue weighted by molar-refractivity contribution is 5.82. The number of hydrogen-bond donors (Lipinski definition) is 0. The van der Waals surface area contributed by atoms with Crippen LogP contribution in [0.1, 0.15) is 32.6 Å². The normalized spacial score (nSPS) is 21.4. The van der Waals surface area contributed by atoms with Crippen molar-refractivity contribution in [3.8, 4) is 0 Å². The molecule has 1 heterocycles. The van der Waals surface area contributed by atoms with Crippen molar-refractivity contribution >= 4 is 12.1 Å². The molecule has 0 radical (unpaired) electrons. The number of hydrogen-bond acceptors (Lipinski definition) is 3. The first-order valence-corrected chi connectivity index (χ1v) is 6.01. The minimum atomic E-state index is -2.56. The van der Waals surface area contributed by atoms with Gasteiger partial charge >= 0.3 is 0 Å². The van der Waals surface area contributed by atoms with E-state index in [1.54, 1.807) is 11.8 Å². The molecular formula is C12H19F2NO2. The second-order valence-electron chi connectivity index (χ2n) is 4.76. The van der Waals surface area contributed by atoms with E-state index in [0.717, 1.165) is 6.29 Å². The van der Waals surface area contributed by atoms with E-state index in [4.69, 9.17) is 0 Å². The molecule has 3 nitrogen and oxygen atoms in total. The van der Waals surface area contributed by atoms with Crippen LogP contribution in [0.15, 0.2) is 0 Å². The number of alkyl halides is 2. The van der Waals surface area contributed by atoms with Crippen LogP contribution >= 0.6 is 0 Å². The minimum absolute atomic E-state index is 0.0445. The quantitative estimate of drug-likeness (QED) is 0.645. The lowest BCUT2D eigenvalue weighted by Gasteiger charge is -2.15. The summed E-state index contributed by atoms with van der Waals surface area (Å²) >= 11 is 0. The van der Waals surface area contributed by atoms with Gasteiger partial charge in [-0.05, 0) is 13.0 Å². The highest BCUT2D eigenvalue weighted by Gasteiger charge is 2.37. The predicted molar refractivity (Wildman–Crippen MR) is 60.1 cm³/mol. The minimum Gasteiger partial charge on any atom is -0.303 e. The van der Waals surface area contributed by atoms with Gasteiger partial charge in [-0.3, -0.25) is 9.69 Å². The van der Waals surface area contributed by atoms with Crippen LogP contribution in [0.5, 0.6) is 0 Å². The fraction of sp³-hybridized carbons (Fsp3) is 0.833. The number of nitrogens with zero attached hydrogens (tertiary/aromatic N) is 1. The van der Waals surface area contributed by atoms with E-state index in [0.29, 0.717) is 25.9 Å². The average molecular weight is 247 g/mol. The van der Waals surface area contributed by atoms with Gasteiger partial charge in [0.25, 0.3) is 5.92 Å². The third kappa shape index (κ3) is 4.89. The van der Waals surface area contributed by atoms with Crippen molar-refractivity contribution in [3.05, 3.63) is 0 Å². The Morgan fingerprint density at radius 3 is 2.76 bits per heavy atom. The largest absolute Gasteiger partial charge is 0.303 e. The molecule has 0 aromatic carbocycles. The molecule has 0 amide bonds. The molecule has 1 rings (SSSR count). The highest BCUT2D eigenvalue weighted by atomic mass is 19.3. The molecule has 17 heavy (non-hydrogen) atoms. The number of ketones is 1. The fourth-order valence-electron chi connectivity index (χ4n) is 2.00. The van der Waals surface area contributed by atoms with Crippen molar-refractivity contribution in [1.82, 2.24) is 4.90 Å². The van der Waals surface area contributed by atoms with Gasteiger partial charge in [0.15, 0.2) is 0 Å². The molecule has 0 aromatic rings. The van der Waals surface area contributed by atoms with Crippen LogP contribution in [0.2, 0.25) is 0 Å². The van der Waals surface area contributed by atoms with Gasteiger partial charge in [-0.2, -0.15) is 0 Å². The molecule has 1 aliphatic rings. The van der Waals surface area contributed by atoms with Crippen molar-refractivity contribution < 1.29 is 18.4 Å². The second kappa shape index (κ2) is 6.19. The number of rotatable bonds is 7. The van der Waals surface area contributed by atoms with E-state index in [1.165, 1.54) is 0 Å². The third-order valence-electron chi connectivity index (χ3n) is 3.15. The lowest BCUT2D eigenvalue weighted by molar-refractivity contribution is -0.124. The molecule has 1 unspecified atom stereocenters. The molecule has 98 valence electrons. The molecule has 0 saturated carbocycles. The van der Waals surface area contributed by atoms with Crippen molar-refractivity contribution in [2.45, 2.75) is 38.5 Å². The standard InChI is InChI=1S/C12H19F2NO2/c1-10(4-8-16)11(17)3-2-6-15-7-5-12(13,14)9-15/h8,10H,2-7,9H2,1H3. The van der Waals surface area contributed by atoms with Crippen LogP contribution in [0.4, 0.5) is 8.78 Å². The predicted octanol–water partition coefficient (Wildman–Crippen LogP) is 1.90. The van der Waals surface area contributed by atoms with E-state index in [2.05, 4.69) is 0 Å². The first-order valence-electron chi connectivity index (χ1n) is 6.01. The zero-order chi connectivity index (χ0) is 12.9. The molecule has 1 atom stereocenters. The molecule has 5 heteroatoms. The summed E-state index contributed by atoms with van der Waals surface area (Å²) in [5, 5.41) is 0. The fourth-order valence-corrected chi connectivity index (χ4v) is 2.00. The van der Waals surface area contributed by atoms with Crippen molar-refractivity contribution in [1.29, 1.82) is 0 Å². The Kier molecular flexibility index (Phi) is 5.18. The van der Waals surface area contributed by atoms with Crippen LogP contribution in [0.3, 0.4) is 0 Å². The Morgan fingerprint density at radius 2 is 2.24 bits per heavy atom. The van der Waals surface area contributed by atoms with Gasteiger partial charge in [0, 0.05) is 31.7 Å². The van der Waals surface area contributed by atoms with E-state index in [9.17, 15) is 18.4 Å². The molecule has 0 aliphatic carbocycles. The number of carbonyl (C=O) groups is 2. The number of likely N-dealkylation sites (tertiary alicyclic amines) is 1. The first kappa shape index (κ1) is 14.2. The van der Waals surface area contributed by atoms with E-state index >= 15 is 0 Å². The summed E-state index contributed by atoms with van der Waals surface area (Å²) < 4.78 is 25.7. The van der Waals surface area contributed by atoms with Crippen LogP contribution in [0, 0.1) is 5.92 Å². The molecule has 0 bridgehead atoms. The van der Waals surface area contributed by atoms with Gasteiger partial charge in [0.2, 0.25) is 0 Å². The zero-order valence-electron chi connectivity index (χ0n) is 10.1. The van der Waals surface area contributed by atoms with Crippen molar-refractivity contribution in [2.24, 2.45) is 5.92 Å². The summed E-state index contributed by atoms with van der Waals surface area (Å²) in [6.07, 6.45) is 1.88. The molecule has 0 aromatic heterocycles. The summed E-state index contributed by atoms with van der Waals surface area (Å²) in [5.74, 6) is -2.76. The Labute approximate surface area is 100 Å². The number of Topliss-reactive ketones (excluding diaryl/α,β-unsaturated/α-hetero) is 1. The van der Waals surface area contributed by atoms with Crippen molar-refractivity contribution in [3.63, 3.8) is 0 Å². The first-order chi connectivity index (χ1) is 7.94. The zero-order valence-corrected chi connectivity index (χ0v) is 10.1. The summed E-state index contributed by atoms with van der Waals surface area (Å²) in [5.41, 5.74) is 0. The summed E-state index contributed by atoms with van der Waals surface area (Å²) in [6.45, 7) is 2.48. The Bertz CT molecular complexity index is 282. The number of halogens is 2. The maximum absolute atomic E-state index is 12.9. The summed E-state index contributed by atoms with van der Waals surface area (Å²) in [7, 11) is 0. The second-order valence-corrected chi connectivity index (χ2v) is 4.76. The number of carbonyl (C=O) groups excluding carboxylic acids is 2. The maximum Gasteiger partial charge on any atom is 0.261 e. The molecule has 1 fully saturated rings. The maximum atomic E-state index is 12.9. The third-order valence-corrected chi connectivity index (χ3v) is 3.15. The van der Waals surface area contributed by atoms with Crippen LogP contribution in [0.25, 0.3) is 0 Å². The van der Waals surface area contributed by atoms with Gasteiger partial charge in [-0.15, -0.1) is 0 Å². The van der Waals surface area contributed by atoms with Crippen molar-refractivity contribution in [2.75, 3.05) is 19.6 Å². The van der Waals surface area contributed by atoms with Gasteiger partial charge in [0.1, 0.15) is 12.1 Å². The topological polar surface area (TPSA) is 37.4 Å².